The fourth-order valence-corrected chi connectivity index (χ4v) is 3.36. The third-order valence-electron chi connectivity index (χ3n) is 4.95. The Hall–Kier alpha value is -3.06. The zero-order valence-electron chi connectivity index (χ0n) is 17.5. The fraction of sp³-hybridized carbons (Fsp3) is 0.318. The Morgan fingerprint density at radius 2 is 1.93 bits per heavy atom. The summed E-state index contributed by atoms with van der Waals surface area (Å²) in [6.07, 6.45) is 0. The fourth-order valence-electron chi connectivity index (χ4n) is 3.20. The van der Waals surface area contributed by atoms with Crippen LogP contribution in [0.5, 0.6) is 5.75 Å². The molecule has 1 N–H and O–H groups in total. The molecular formula is C22H25ClN4O3. The molecule has 1 atom stereocenters. The van der Waals surface area contributed by atoms with E-state index in [2.05, 4.69) is 10.3 Å². The average molecular weight is 429 g/mol. The summed E-state index contributed by atoms with van der Waals surface area (Å²) < 4.78 is 7.00. The molecule has 3 aromatic rings. The van der Waals surface area contributed by atoms with E-state index in [0.717, 1.165) is 5.75 Å². The summed E-state index contributed by atoms with van der Waals surface area (Å²) >= 11 is 6.08. The predicted molar refractivity (Wildman–Crippen MR) is 119 cm³/mol. The van der Waals surface area contributed by atoms with Crippen LogP contribution in [-0.4, -0.2) is 34.1 Å². The molecule has 2 amide bonds. The van der Waals surface area contributed by atoms with Crippen molar-refractivity contribution in [3.63, 3.8) is 0 Å². The van der Waals surface area contributed by atoms with Gasteiger partial charge in [0.1, 0.15) is 11.6 Å². The number of rotatable bonds is 6. The van der Waals surface area contributed by atoms with Crippen LogP contribution in [0.1, 0.15) is 32.6 Å². The smallest absolute Gasteiger partial charge is 0.322 e. The van der Waals surface area contributed by atoms with Crippen molar-refractivity contribution in [1.82, 2.24) is 14.5 Å². The van der Waals surface area contributed by atoms with Crippen molar-refractivity contribution in [1.29, 1.82) is 0 Å². The van der Waals surface area contributed by atoms with E-state index in [0.29, 0.717) is 40.6 Å². The first-order chi connectivity index (χ1) is 14.3. The molecule has 8 heteroatoms. The highest BCUT2D eigenvalue weighted by Gasteiger charge is 2.23. The van der Waals surface area contributed by atoms with Crippen LogP contribution in [0, 0.1) is 0 Å². The standard InChI is InChI=1S/C22H25ClN4O3/c1-5-27-20(25-19-13-15(23)7-12-18(19)21(27)28)14(3)26(4)22(29)24-16-8-10-17(11-9-16)30-6-2/h7-14H,5-6H2,1-4H3,(H,24,29). The molecule has 30 heavy (non-hydrogen) atoms. The lowest BCUT2D eigenvalue weighted by molar-refractivity contribution is 0.204. The van der Waals surface area contributed by atoms with Crippen molar-refractivity contribution in [2.45, 2.75) is 33.4 Å². The number of carbonyl (C=O) groups excluding carboxylic acids is 1. The molecule has 0 bridgehead atoms. The van der Waals surface area contributed by atoms with Crippen LogP contribution in [0.2, 0.25) is 5.02 Å². The number of urea groups is 1. The van der Waals surface area contributed by atoms with E-state index in [4.69, 9.17) is 16.3 Å². The molecular weight excluding hydrogens is 404 g/mol. The molecule has 0 aliphatic heterocycles. The van der Waals surface area contributed by atoms with Crippen molar-refractivity contribution in [3.8, 4) is 5.75 Å². The number of amides is 2. The first-order valence-corrected chi connectivity index (χ1v) is 10.2. The van der Waals surface area contributed by atoms with E-state index in [1.165, 1.54) is 4.90 Å². The van der Waals surface area contributed by atoms with Gasteiger partial charge < -0.3 is 15.0 Å². The normalized spacial score (nSPS) is 11.9. The predicted octanol–water partition coefficient (Wildman–Crippen LogP) is 4.69. The molecule has 158 valence electrons. The van der Waals surface area contributed by atoms with Gasteiger partial charge in [-0.3, -0.25) is 9.36 Å². The number of hydrogen-bond acceptors (Lipinski definition) is 4. The Labute approximate surface area is 180 Å². The summed E-state index contributed by atoms with van der Waals surface area (Å²) in [5, 5.41) is 3.86. The van der Waals surface area contributed by atoms with Gasteiger partial charge in [-0.15, -0.1) is 0 Å². The number of nitrogens with one attached hydrogen (secondary N) is 1. The van der Waals surface area contributed by atoms with E-state index in [9.17, 15) is 9.59 Å². The summed E-state index contributed by atoms with van der Waals surface area (Å²) in [6, 6.07) is 11.4. The lowest BCUT2D eigenvalue weighted by Crippen LogP contribution is -2.37. The molecule has 0 saturated heterocycles. The lowest BCUT2D eigenvalue weighted by atomic mass is 10.2. The van der Waals surface area contributed by atoms with Crippen LogP contribution >= 0.6 is 11.6 Å². The second-order valence-corrected chi connectivity index (χ2v) is 7.29. The first-order valence-electron chi connectivity index (χ1n) is 9.82. The molecule has 0 saturated carbocycles. The number of benzene rings is 2. The maximum absolute atomic E-state index is 12.9. The number of halogens is 1. The molecule has 2 aromatic carbocycles. The van der Waals surface area contributed by atoms with Crippen LogP contribution < -0.4 is 15.6 Å². The van der Waals surface area contributed by atoms with E-state index >= 15 is 0 Å². The highest BCUT2D eigenvalue weighted by molar-refractivity contribution is 6.31. The van der Waals surface area contributed by atoms with E-state index in [-0.39, 0.29) is 11.6 Å². The minimum Gasteiger partial charge on any atom is -0.494 e. The van der Waals surface area contributed by atoms with Gasteiger partial charge in [-0.25, -0.2) is 9.78 Å². The maximum atomic E-state index is 12.9. The number of nitrogens with zero attached hydrogens (tertiary/aromatic N) is 3. The number of aromatic nitrogens is 2. The SMILES string of the molecule is CCOc1ccc(NC(=O)N(C)C(C)c2nc3cc(Cl)ccc3c(=O)n2CC)cc1. The Bertz CT molecular complexity index is 1110. The lowest BCUT2D eigenvalue weighted by Gasteiger charge is -2.27. The van der Waals surface area contributed by atoms with Crippen LogP contribution in [0.3, 0.4) is 0 Å². The van der Waals surface area contributed by atoms with Crippen LogP contribution in [0.4, 0.5) is 10.5 Å². The summed E-state index contributed by atoms with van der Waals surface area (Å²) in [6.45, 7) is 6.65. The van der Waals surface area contributed by atoms with Gasteiger partial charge in [0.25, 0.3) is 5.56 Å². The summed E-state index contributed by atoms with van der Waals surface area (Å²) in [4.78, 5) is 31.9. The molecule has 7 nitrogen and oxygen atoms in total. The summed E-state index contributed by atoms with van der Waals surface area (Å²) in [7, 11) is 1.67. The zero-order valence-corrected chi connectivity index (χ0v) is 18.2. The van der Waals surface area contributed by atoms with Crippen LogP contribution in [0.15, 0.2) is 47.3 Å². The minimum absolute atomic E-state index is 0.152. The second-order valence-electron chi connectivity index (χ2n) is 6.86. The Balaban J connectivity index is 1.87. The molecule has 1 heterocycles. The Morgan fingerprint density at radius 3 is 2.57 bits per heavy atom. The van der Waals surface area contributed by atoms with E-state index in [1.54, 1.807) is 54.1 Å². The van der Waals surface area contributed by atoms with Crippen molar-refractivity contribution in [2.75, 3.05) is 19.0 Å². The quantitative estimate of drug-likeness (QED) is 0.617. The van der Waals surface area contributed by atoms with Gasteiger partial charge in [-0.1, -0.05) is 11.6 Å². The van der Waals surface area contributed by atoms with Crippen molar-refractivity contribution < 1.29 is 9.53 Å². The molecule has 0 radical (unpaired) electrons. The monoisotopic (exact) mass is 428 g/mol. The highest BCUT2D eigenvalue weighted by Crippen LogP contribution is 2.22. The van der Waals surface area contributed by atoms with Gasteiger partial charge in [0.05, 0.1) is 23.6 Å². The molecule has 0 spiro atoms. The molecule has 0 aliphatic rings. The first kappa shape index (κ1) is 21.6. The van der Waals surface area contributed by atoms with Crippen LogP contribution in [0.25, 0.3) is 10.9 Å². The molecule has 0 fully saturated rings. The molecule has 1 aromatic heterocycles. The van der Waals surface area contributed by atoms with Crippen molar-refractivity contribution >= 4 is 34.2 Å². The summed E-state index contributed by atoms with van der Waals surface area (Å²) in [5.74, 6) is 1.24. The van der Waals surface area contributed by atoms with Crippen LogP contribution in [-0.2, 0) is 6.54 Å². The zero-order chi connectivity index (χ0) is 21.8. The minimum atomic E-state index is -0.441. The third-order valence-corrected chi connectivity index (χ3v) is 5.19. The number of fused-ring (bicyclic) bond motifs is 1. The molecule has 0 aliphatic carbocycles. The van der Waals surface area contributed by atoms with Crippen molar-refractivity contribution in [3.05, 3.63) is 63.7 Å². The molecule has 1 unspecified atom stereocenters. The van der Waals surface area contributed by atoms with E-state index in [1.807, 2.05) is 20.8 Å². The van der Waals surface area contributed by atoms with Gasteiger partial charge >= 0.3 is 6.03 Å². The van der Waals surface area contributed by atoms with Gasteiger partial charge in [0.15, 0.2) is 0 Å². The Morgan fingerprint density at radius 1 is 1.23 bits per heavy atom. The maximum Gasteiger partial charge on any atom is 0.322 e. The van der Waals surface area contributed by atoms with Gasteiger partial charge in [-0.05, 0) is 63.2 Å². The largest absolute Gasteiger partial charge is 0.494 e. The number of carbonyl (C=O) groups is 1. The topological polar surface area (TPSA) is 76.5 Å². The molecule has 3 rings (SSSR count). The van der Waals surface area contributed by atoms with E-state index < -0.39 is 6.04 Å². The number of anilines is 1. The Kier molecular flexibility index (Phi) is 6.62. The third kappa shape index (κ3) is 4.41. The number of hydrogen-bond donors (Lipinski definition) is 1. The second kappa shape index (κ2) is 9.17. The van der Waals surface area contributed by atoms with Gasteiger partial charge in [-0.2, -0.15) is 0 Å². The van der Waals surface area contributed by atoms with Crippen molar-refractivity contribution in [2.24, 2.45) is 0 Å². The highest BCUT2D eigenvalue weighted by atomic mass is 35.5. The van der Waals surface area contributed by atoms with Gasteiger partial charge in [0, 0.05) is 24.3 Å². The summed E-state index contributed by atoms with van der Waals surface area (Å²) in [5.41, 5.74) is 1.01. The average Bonchev–Trinajstić information content (AvgIpc) is 2.73. The number of ether oxygens (including phenoxy) is 1. The van der Waals surface area contributed by atoms with Gasteiger partial charge in [0.2, 0.25) is 0 Å².